The Balaban J connectivity index is 2.15. The van der Waals surface area contributed by atoms with Gasteiger partial charge in [-0.3, -0.25) is 4.79 Å². The van der Waals surface area contributed by atoms with Crippen LogP contribution in [0.4, 0.5) is 0 Å². The molecule has 0 aromatic heterocycles. The predicted octanol–water partition coefficient (Wildman–Crippen LogP) is 0.218. The third kappa shape index (κ3) is 3.45. The first kappa shape index (κ1) is 9.86. The molecule has 3 nitrogen and oxygen atoms in total. The summed E-state index contributed by atoms with van der Waals surface area (Å²) in [6.07, 6.45) is 4.23. The van der Waals surface area contributed by atoms with Gasteiger partial charge >= 0.3 is 0 Å². The monoisotopic (exact) mass is 188 g/mol. The summed E-state index contributed by atoms with van der Waals surface area (Å²) >= 11 is 1.57. The van der Waals surface area contributed by atoms with E-state index in [1.54, 1.807) is 11.8 Å². The molecule has 0 aliphatic carbocycles. The van der Waals surface area contributed by atoms with Crippen molar-refractivity contribution in [3.05, 3.63) is 0 Å². The van der Waals surface area contributed by atoms with Crippen molar-refractivity contribution in [2.75, 3.05) is 25.1 Å². The SMILES string of the molecule is CSCC(=O)NC1CCCNC1. The van der Waals surface area contributed by atoms with Crippen LogP contribution in [-0.4, -0.2) is 37.0 Å². The fourth-order valence-electron chi connectivity index (χ4n) is 1.38. The Bertz CT molecular complexity index is 146. The van der Waals surface area contributed by atoms with Crippen molar-refractivity contribution in [3.8, 4) is 0 Å². The topological polar surface area (TPSA) is 41.1 Å². The molecule has 0 bridgehead atoms. The van der Waals surface area contributed by atoms with Gasteiger partial charge in [-0.2, -0.15) is 11.8 Å². The van der Waals surface area contributed by atoms with E-state index in [2.05, 4.69) is 10.6 Å². The Labute approximate surface area is 77.7 Å². The van der Waals surface area contributed by atoms with Crippen LogP contribution in [-0.2, 0) is 4.79 Å². The zero-order valence-electron chi connectivity index (χ0n) is 7.43. The Morgan fingerprint density at radius 3 is 3.17 bits per heavy atom. The minimum atomic E-state index is 0.163. The highest BCUT2D eigenvalue weighted by Crippen LogP contribution is 2.01. The van der Waals surface area contributed by atoms with Crippen LogP contribution in [0.2, 0.25) is 0 Å². The summed E-state index contributed by atoms with van der Waals surface area (Å²) in [5.41, 5.74) is 0. The molecule has 1 rings (SSSR count). The summed E-state index contributed by atoms with van der Waals surface area (Å²) in [6.45, 7) is 2.02. The van der Waals surface area contributed by atoms with Crippen molar-refractivity contribution >= 4 is 17.7 Å². The lowest BCUT2D eigenvalue weighted by atomic mass is 10.1. The molecular formula is C8H16N2OS. The lowest BCUT2D eigenvalue weighted by molar-refractivity contribution is -0.119. The van der Waals surface area contributed by atoms with Gasteiger partial charge in [0.05, 0.1) is 5.75 Å². The van der Waals surface area contributed by atoms with Crippen molar-refractivity contribution < 1.29 is 4.79 Å². The molecule has 1 aliphatic heterocycles. The molecule has 1 amide bonds. The number of piperidine rings is 1. The van der Waals surface area contributed by atoms with Gasteiger partial charge in [0.1, 0.15) is 0 Å². The number of hydrogen-bond donors (Lipinski definition) is 2. The van der Waals surface area contributed by atoms with E-state index in [-0.39, 0.29) is 5.91 Å². The van der Waals surface area contributed by atoms with Crippen molar-refractivity contribution in [3.63, 3.8) is 0 Å². The molecule has 2 N–H and O–H groups in total. The van der Waals surface area contributed by atoms with Crippen molar-refractivity contribution in [1.82, 2.24) is 10.6 Å². The molecule has 0 aromatic rings. The highest BCUT2D eigenvalue weighted by molar-refractivity contribution is 7.99. The van der Waals surface area contributed by atoms with E-state index >= 15 is 0 Å². The first-order valence-electron chi connectivity index (χ1n) is 4.32. The van der Waals surface area contributed by atoms with E-state index in [1.165, 1.54) is 6.42 Å². The lowest BCUT2D eigenvalue weighted by Crippen LogP contribution is -2.46. The van der Waals surface area contributed by atoms with Crippen molar-refractivity contribution in [2.45, 2.75) is 18.9 Å². The maximum atomic E-state index is 11.2. The van der Waals surface area contributed by atoms with Crippen LogP contribution < -0.4 is 10.6 Å². The van der Waals surface area contributed by atoms with Crippen LogP contribution in [0.25, 0.3) is 0 Å². The number of amides is 1. The second-order valence-corrected chi connectivity index (χ2v) is 3.91. The quantitative estimate of drug-likeness (QED) is 0.665. The minimum Gasteiger partial charge on any atom is -0.351 e. The first-order valence-corrected chi connectivity index (χ1v) is 5.71. The summed E-state index contributed by atoms with van der Waals surface area (Å²) in [5, 5.41) is 6.26. The minimum absolute atomic E-state index is 0.163. The van der Waals surface area contributed by atoms with E-state index in [0.717, 1.165) is 19.5 Å². The van der Waals surface area contributed by atoms with Gasteiger partial charge < -0.3 is 10.6 Å². The van der Waals surface area contributed by atoms with Gasteiger partial charge in [-0.15, -0.1) is 0 Å². The van der Waals surface area contributed by atoms with Crippen LogP contribution in [0.15, 0.2) is 0 Å². The number of rotatable bonds is 3. The molecule has 0 saturated carbocycles. The normalized spacial score (nSPS) is 23.6. The molecule has 1 aliphatic rings. The Morgan fingerprint density at radius 2 is 2.58 bits per heavy atom. The van der Waals surface area contributed by atoms with Gasteiger partial charge in [-0.05, 0) is 25.6 Å². The second-order valence-electron chi connectivity index (χ2n) is 3.04. The summed E-state index contributed by atoms with van der Waals surface area (Å²) in [7, 11) is 0. The Kier molecular flexibility index (Phi) is 4.46. The third-order valence-corrected chi connectivity index (χ3v) is 2.49. The summed E-state index contributed by atoms with van der Waals surface area (Å²) in [6, 6.07) is 0.360. The van der Waals surface area contributed by atoms with E-state index in [9.17, 15) is 4.79 Å². The zero-order chi connectivity index (χ0) is 8.81. The molecule has 1 saturated heterocycles. The largest absolute Gasteiger partial charge is 0.351 e. The zero-order valence-corrected chi connectivity index (χ0v) is 8.25. The maximum absolute atomic E-state index is 11.2. The van der Waals surface area contributed by atoms with E-state index in [1.807, 2.05) is 6.26 Å². The molecule has 70 valence electrons. The number of thioether (sulfide) groups is 1. The summed E-state index contributed by atoms with van der Waals surface area (Å²) in [5.74, 6) is 0.743. The van der Waals surface area contributed by atoms with Crippen LogP contribution in [0, 0.1) is 0 Å². The highest BCUT2D eigenvalue weighted by Gasteiger charge is 2.14. The molecular weight excluding hydrogens is 172 g/mol. The van der Waals surface area contributed by atoms with E-state index in [4.69, 9.17) is 0 Å². The molecule has 1 unspecified atom stereocenters. The average Bonchev–Trinajstić information content (AvgIpc) is 2.06. The molecule has 1 heterocycles. The number of carbonyl (C=O) groups excluding carboxylic acids is 1. The fourth-order valence-corrected chi connectivity index (χ4v) is 1.72. The third-order valence-electron chi connectivity index (χ3n) is 1.94. The predicted molar refractivity (Wildman–Crippen MR) is 52.4 cm³/mol. The second kappa shape index (κ2) is 5.43. The molecule has 0 radical (unpaired) electrons. The van der Waals surface area contributed by atoms with Gasteiger partial charge in [0, 0.05) is 12.6 Å². The van der Waals surface area contributed by atoms with E-state index in [0.29, 0.717) is 11.8 Å². The van der Waals surface area contributed by atoms with Gasteiger partial charge in [-0.25, -0.2) is 0 Å². The molecule has 1 atom stereocenters. The molecule has 1 fully saturated rings. The van der Waals surface area contributed by atoms with Gasteiger partial charge in [-0.1, -0.05) is 0 Å². The van der Waals surface area contributed by atoms with Gasteiger partial charge in [0.2, 0.25) is 5.91 Å². The fraction of sp³-hybridized carbons (Fsp3) is 0.875. The molecule has 12 heavy (non-hydrogen) atoms. The van der Waals surface area contributed by atoms with Crippen LogP contribution in [0.5, 0.6) is 0 Å². The highest BCUT2D eigenvalue weighted by atomic mass is 32.2. The number of nitrogens with one attached hydrogen (secondary N) is 2. The smallest absolute Gasteiger partial charge is 0.230 e. The van der Waals surface area contributed by atoms with E-state index < -0.39 is 0 Å². The average molecular weight is 188 g/mol. The van der Waals surface area contributed by atoms with Crippen molar-refractivity contribution in [1.29, 1.82) is 0 Å². The Hall–Kier alpha value is -0.220. The summed E-state index contributed by atoms with van der Waals surface area (Å²) in [4.78, 5) is 11.2. The van der Waals surface area contributed by atoms with Crippen LogP contribution >= 0.6 is 11.8 Å². The molecule has 0 spiro atoms. The van der Waals surface area contributed by atoms with Gasteiger partial charge in [0.25, 0.3) is 0 Å². The van der Waals surface area contributed by atoms with Gasteiger partial charge in [0.15, 0.2) is 0 Å². The standard InChI is InChI=1S/C8H16N2OS/c1-12-6-8(11)10-7-3-2-4-9-5-7/h7,9H,2-6H2,1H3,(H,10,11). The van der Waals surface area contributed by atoms with Crippen LogP contribution in [0.1, 0.15) is 12.8 Å². The lowest BCUT2D eigenvalue weighted by Gasteiger charge is -2.23. The van der Waals surface area contributed by atoms with Crippen molar-refractivity contribution in [2.24, 2.45) is 0 Å². The first-order chi connectivity index (χ1) is 5.83. The summed E-state index contributed by atoms with van der Waals surface area (Å²) < 4.78 is 0. The number of hydrogen-bond acceptors (Lipinski definition) is 3. The molecule has 4 heteroatoms. The molecule has 0 aromatic carbocycles. The Morgan fingerprint density at radius 1 is 1.75 bits per heavy atom. The maximum Gasteiger partial charge on any atom is 0.230 e. The van der Waals surface area contributed by atoms with Crippen LogP contribution in [0.3, 0.4) is 0 Å². The number of carbonyl (C=O) groups is 1.